The minimum atomic E-state index is -0.218. The normalized spacial score (nSPS) is 13.6. The van der Waals surface area contributed by atoms with Crippen LogP contribution in [0.1, 0.15) is 61.1 Å². The van der Waals surface area contributed by atoms with E-state index in [1.165, 1.54) is 44.5 Å². The summed E-state index contributed by atoms with van der Waals surface area (Å²) in [7, 11) is 0. The Balaban J connectivity index is 0.939. The van der Waals surface area contributed by atoms with E-state index in [4.69, 9.17) is 16.5 Å². The third-order valence-electron chi connectivity index (χ3n) is 16.0. The molecule has 346 valence electrons. The SMILES string of the molecule is [C-]#[N+]c1cc(-c2nc(-c3ccccc3)nc(-c3ccc(-n4c5ccccc5c5cc6c(cc54)C(C)(C)c4ccccc4-6)c(C#N)c3)c2C#N)ccc1-n1c2ccccc2c2cc3c(cc21)C(C)(C)c1ccccc1-3. The van der Waals surface area contributed by atoms with Crippen LogP contribution in [0.2, 0.25) is 0 Å². The molecule has 7 heteroatoms. The van der Waals surface area contributed by atoms with Gasteiger partial charge in [-0.05, 0) is 111 Å². The molecule has 2 aliphatic rings. The van der Waals surface area contributed by atoms with Gasteiger partial charge in [0.15, 0.2) is 5.82 Å². The van der Waals surface area contributed by atoms with Crippen LogP contribution >= 0.6 is 0 Å². The van der Waals surface area contributed by atoms with Gasteiger partial charge in [-0.3, -0.25) is 0 Å². The monoisotopic (exact) mass is 945 g/mol. The summed E-state index contributed by atoms with van der Waals surface area (Å²) in [5.41, 5.74) is 19.0. The summed E-state index contributed by atoms with van der Waals surface area (Å²) >= 11 is 0. The molecule has 0 amide bonds. The van der Waals surface area contributed by atoms with Gasteiger partial charge in [0.05, 0.1) is 57.0 Å². The molecule has 0 spiro atoms. The zero-order valence-electron chi connectivity index (χ0n) is 41.0. The maximum atomic E-state index is 11.2. The number of hydrogen-bond donors (Lipinski definition) is 0. The van der Waals surface area contributed by atoms with E-state index in [2.05, 4.69) is 163 Å². The van der Waals surface area contributed by atoms with Crippen LogP contribution in [-0.2, 0) is 10.8 Å². The van der Waals surface area contributed by atoms with Gasteiger partial charge in [-0.2, -0.15) is 10.5 Å². The molecule has 74 heavy (non-hydrogen) atoms. The van der Waals surface area contributed by atoms with E-state index in [-0.39, 0.29) is 16.4 Å². The molecule has 0 bridgehead atoms. The number of nitrogens with zero attached hydrogens (tertiary/aromatic N) is 7. The average molecular weight is 946 g/mol. The van der Waals surface area contributed by atoms with Crippen molar-refractivity contribution in [3.63, 3.8) is 0 Å². The van der Waals surface area contributed by atoms with Gasteiger partial charge in [-0.25, -0.2) is 14.8 Å². The summed E-state index contributed by atoms with van der Waals surface area (Å²) in [6, 6.07) is 69.7. The fourth-order valence-electron chi connectivity index (χ4n) is 12.5. The molecule has 2 aliphatic carbocycles. The highest BCUT2D eigenvalue weighted by Crippen LogP contribution is 2.53. The van der Waals surface area contributed by atoms with Crippen LogP contribution in [0, 0.1) is 29.2 Å². The second-order valence-electron chi connectivity index (χ2n) is 20.6. The Morgan fingerprint density at radius 2 is 0.919 bits per heavy atom. The van der Waals surface area contributed by atoms with Gasteiger partial charge in [-0.1, -0.05) is 155 Å². The third kappa shape index (κ3) is 5.91. The maximum absolute atomic E-state index is 11.2. The highest BCUT2D eigenvalue weighted by Gasteiger charge is 2.38. The zero-order chi connectivity index (χ0) is 50.2. The smallest absolute Gasteiger partial charge is 0.211 e. The van der Waals surface area contributed by atoms with Crippen molar-refractivity contribution >= 4 is 49.3 Å². The van der Waals surface area contributed by atoms with Gasteiger partial charge in [0.1, 0.15) is 17.7 Å². The Bertz CT molecular complexity index is 4320. The second kappa shape index (κ2) is 15.6. The van der Waals surface area contributed by atoms with Crippen LogP contribution in [0.15, 0.2) is 188 Å². The largest absolute Gasteiger partial charge is 0.319 e. The van der Waals surface area contributed by atoms with Crippen molar-refractivity contribution in [2.75, 3.05) is 0 Å². The first kappa shape index (κ1) is 43.0. The maximum Gasteiger partial charge on any atom is 0.211 e. The van der Waals surface area contributed by atoms with Crippen LogP contribution in [0.5, 0.6) is 0 Å². The van der Waals surface area contributed by atoms with Crippen molar-refractivity contribution in [3.05, 3.63) is 233 Å². The topological polar surface area (TPSA) is 87.6 Å². The number of fused-ring (bicyclic) bond motifs is 12. The molecule has 0 fully saturated rings. The molecule has 12 aromatic rings. The van der Waals surface area contributed by atoms with Gasteiger partial charge in [0.25, 0.3) is 0 Å². The number of nitriles is 2. The van der Waals surface area contributed by atoms with E-state index in [9.17, 15) is 10.5 Å². The molecule has 0 saturated carbocycles. The van der Waals surface area contributed by atoms with Gasteiger partial charge < -0.3 is 9.13 Å². The zero-order valence-corrected chi connectivity index (χ0v) is 41.0. The Morgan fingerprint density at radius 1 is 0.432 bits per heavy atom. The quantitative estimate of drug-likeness (QED) is 0.161. The fraction of sp³-hybridized carbons (Fsp3) is 0.0896. The highest BCUT2D eigenvalue weighted by atomic mass is 15.0. The Hall–Kier alpha value is -9.87. The average Bonchev–Trinajstić information content (AvgIpc) is 4.10. The minimum Gasteiger partial charge on any atom is -0.319 e. The minimum absolute atomic E-state index is 0.215. The molecule has 9 aromatic carbocycles. The van der Waals surface area contributed by atoms with Crippen LogP contribution in [0.25, 0.3) is 116 Å². The lowest BCUT2D eigenvalue weighted by Gasteiger charge is -2.22. The number of benzene rings is 9. The summed E-state index contributed by atoms with van der Waals surface area (Å²) in [5, 5.41) is 26.8. The van der Waals surface area contributed by atoms with Gasteiger partial charge in [-0.15, -0.1) is 0 Å². The van der Waals surface area contributed by atoms with Crippen molar-refractivity contribution in [1.82, 2.24) is 19.1 Å². The van der Waals surface area contributed by atoms with Crippen molar-refractivity contribution in [2.45, 2.75) is 38.5 Å². The predicted molar refractivity (Wildman–Crippen MR) is 298 cm³/mol. The molecular weight excluding hydrogens is 903 g/mol. The molecule has 0 N–H and O–H groups in total. The Morgan fingerprint density at radius 3 is 1.46 bits per heavy atom. The molecule has 0 radical (unpaired) electrons. The van der Waals surface area contributed by atoms with E-state index >= 15 is 0 Å². The molecule has 3 aromatic heterocycles. The lowest BCUT2D eigenvalue weighted by molar-refractivity contribution is 0.661. The standard InChI is InChI=1S/C67H43N7/c1-66(2)52-23-13-9-19-43(52)47-33-49-45-21-11-15-25-58(45)73(61(49)35-54(47)66)57-29-27-40(31-42(57)37-68)63-51(38-69)64(72-65(71-63)39-17-7-6-8-18-39)41-28-30-60(56(32-41)70-5)74-59-26-16-12-22-46(59)50-34-48-44-20-10-14-24-53(44)67(3,4)55(48)36-62(50)74/h6-36H,1-4H3. The summed E-state index contributed by atoms with van der Waals surface area (Å²) < 4.78 is 4.42. The molecule has 0 unspecified atom stereocenters. The summed E-state index contributed by atoms with van der Waals surface area (Å²) in [6.45, 7) is 17.8. The summed E-state index contributed by atoms with van der Waals surface area (Å²) in [6.07, 6.45) is 0. The van der Waals surface area contributed by atoms with Crippen LogP contribution in [-0.4, -0.2) is 19.1 Å². The highest BCUT2D eigenvalue weighted by molar-refractivity contribution is 6.13. The Kier molecular flexibility index (Phi) is 9.04. The molecule has 14 rings (SSSR count). The number of hydrogen-bond acceptors (Lipinski definition) is 4. The van der Waals surface area contributed by atoms with E-state index < -0.39 is 0 Å². The third-order valence-corrected chi connectivity index (χ3v) is 16.0. The van der Waals surface area contributed by atoms with E-state index in [0.29, 0.717) is 39.6 Å². The van der Waals surface area contributed by atoms with Crippen molar-refractivity contribution < 1.29 is 0 Å². The molecular formula is C67H43N7. The summed E-state index contributed by atoms with van der Waals surface area (Å²) in [4.78, 5) is 14.4. The van der Waals surface area contributed by atoms with Gasteiger partial charge in [0.2, 0.25) is 5.69 Å². The fourth-order valence-corrected chi connectivity index (χ4v) is 12.5. The van der Waals surface area contributed by atoms with E-state index in [0.717, 1.165) is 60.5 Å². The van der Waals surface area contributed by atoms with Crippen LogP contribution < -0.4 is 0 Å². The lowest BCUT2D eigenvalue weighted by Crippen LogP contribution is -2.15. The van der Waals surface area contributed by atoms with Gasteiger partial charge >= 0.3 is 0 Å². The summed E-state index contributed by atoms with van der Waals surface area (Å²) in [5.74, 6) is 0.422. The molecule has 3 heterocycles. The van der Waals surface area contributed by atoms with Crippen LogP contribution in [0.4, 0.5) is 5.69 Å². The van der Waals surface area contributed by atoms with E-state index in [1.54, 1.807) is 0 Å². The number of para-hydroxylation sites is 2. The van der Waals surface area contributed by atoms with Gasteiger partial charge in [0, 0.05) is 43.5 Å². The lowest BCUT2D eigenvalue weighted by atomic mass is 9.82. The molecule has 0 aliphatic heterocycles. The number of rotatable bonds is 5. The molecule has 0 saturated heterocycles. The first-order chi connectivity index (χ1) is 36.1. The van der Waals surface area contributed by atoms with Crippen molar-refractivity contribution in [1.29, 1.82) is 10.5 Å². The molecule has 7 nitrogen and oxygen atoms in total. The second-order valence-corrected chi connectivity index (χ2v) is 20.6. The first-order valence-electron chi connectivity index (χ1n) is 24.9. The van der Waals surface area contributed by atoms with Crippen molar-refractivity contribution in [2.24, 2.45) is 0 Å². The predicted octanol–water partition coefficient (Wildman–Crippen LogP) is 16.6. The first-order valence-corrected chi connectivity index (χ1v) is 24.9. The van der Waals surface area contributed by atoms with Crippen molar-refractivity contribution in [3.8, 4) is 79.7 Å². The number of aromatic nitrogens is 4. The van der Waals surface area contributed by atoms with Crippen LogP contribution in [0.3, 0.4) is 0 Å². The van der Waals surface area contributed by atoms with E-state index in [1.807, 2.05) is 78.9 Å². The Labute approximate surface area is 427 Å². The molecule has 0 atom stereocenters.